The zero-order chi connectivity index (χ0) is 25.7. The number of carbonyl (C=O) groups excluding carboxylic acids is 3. The van der Waals surface area contributed by atoms with Crippen LogP contribution in [0.5, 0.6) is 11.5 Å². The second kappa shape index (κ2) is 12.0. The van der Waals surface area contributed by atoms with Gasteiger partial charge in [-0.1, -0.05) is 42.7 Å². The fourth-order valence-electron chi connectivity index (χ4n) is 4.26. The summed E-state index contributed by atoms with van der Waals surface area (Å²) in [5.74, 6) is 0.411. The van der Waals surface area contributed by atoms with Crippen LogP contribution in [0.2, 0.25) is 0 Å². The molecule has 0 N–H and O–H groups in total. The van der Waals surface area contributed by atoms with Crippen LogP contribution in [0.3, 0.4) is 0 Å². The Bertz CT molecular complexity index is 1190. The van der Waals surface area contributed by atoms with Crippen molar-refractivity contribution in [2.24, 2.45) is 0 Å². The molecular formula is C27H29BrN2O5S. The van der Waals surface area contributed by atoms with E-state index in [0.717, 1.165) is 53.5 Å². The molecule has 0 bridgehead atoms. The van der Waals surface area contributed by atoms with E-state index < -0.39 is 11.1 Å². The van der Waals surface area contributed by atoms with Gasteiger partial charge in [0, 0.05) is 13.1 Å². The molecule has 3 amide bonds. The Labute approximate surface area is 223 Å². The third kappa shape index (κ3) is 6.31. The van der Waals surface area contributed by atoms with Crippen LogP contribution >= 0.6 is 27.7 Å². The van der Waals surface area contributed by atoms with Gasteiger partial charge in [-0.05, 0) is 76.8 Å². The van der Waals surface area contributed by atoms with E-state index in [0.29, 0.717) is 41.2 Å². The maximum atomic E-state index is 13.0. The average molecular weight is 574 g/mol. The van der Waals surface area contributed by atoms with E-state index >= 15 is 0 Å². The van der Waals surface area contributed by atoms with Gasteiger partial charge in [0.2, 0.25) is 5.91 Å². The van der Waals surface area contributed by atoms with Crippen molar-refractivity contribution in [1.29, 1.82) is 0 Å². The Morgan fingerprint density at radius 3 is 2.56 bits per heavy atom. The lowest BCUT2D eigenvalue weighted by molar-refractivity contribution is -0.135. The number of likely N-dealkylation sites (tertiary alicyclic amines) is 1. The van der Waals surface area contributed by atoms with E-state index in [2.05, 4.69) is 22.0 Å². The molecule has 36 heavy (non-hydrogen) atoms. The predicted octanol–water partition coefficient (Wildman–Crippen LogP) is 5.78. The molecule has 0 radical (unpaired) electrons. The summed E-state index contributed by atoms with van der Waals surface area (Å²) >= 11 is 4.39. The normalized spacial score (nSPS) is 17.5. The van der Waals surface area contributed by atoms with Crippen molar-refractivity contribution in [2.45, 2.75) is 39.2 Å². The molecule has 2 aromatic carbocycles. The summed E-state index contributed by atoms with van der Waals surface area (Å²) < 4.78 is 12.2. The first-order chi connectivity index (χ1) is 17.4. The number of thioether (sulfide) groups is 1. The van der Waals surface area contributed by atoms with Crippen molar-refractivity contribution >= 4 is 50.8 Å². The van der Waals surface area contributed by atoms with Gasteiger partial charge in [-0.25, -0.2) is 0 Å². The summed E-state index contributed by atoms with van der Waals surface area (Å²) in [5, 5.41) is -0.432. The van der Waals surface area contributed by atoms with Crippen LogP contribution in [0.1, 0.15) is 42.4 Å². The van der Waals surface area contributed by atoms with Crippen molar-refractivity contribution in [1.82, 2.24) is 9.80 Å². The second-order valence-electron chi connectivity index (χ2n) is 8.87. The second-order valence-corrected chi connectivity index (χ2v) is 10.7. The maximum absolute atomic E-state index is 13.0. The van der Waals surface area contributed by atoms with Gasteiger partial charge in [0.15, 0.2) is 11.5 Å². The number of amides is 3. The monoisotopic (exact) mass is 572 g/mol. The lowest BCUT2D eigenvalue weighted by atomic mass is 10.1. The van der Waals surface area contributed by atoms with E-state index in [1.54, 1.807) is 24.2 Å². The van der Waals surface area contributed by atoms with Gasteiger partial charge in [0.25, 0.3) is 11.1 Å². The minimum Gasteiger partial charge on any atom is -0.493 e. The number of hydrogen-bond acceptors (Lipinski definition) is 6. The first kappa shape index (κ1) is 26.3. The lowest BCUT2D eigenvalue weighted by Crippen LogP contribution is -2.42. The summed E-state index contributed by atoms with van der Waals surface area (Å²) in [6.07, 6.45) is 5.74. The highest BCUT2D eigenvalue weighted by Crippen LogP contribution is 2.39. The molecule has 9 heteroatoms. The topological polar surface area (TPSA) is 76.2 Å². The SMILES string of the molecule is COc1cc(C=C2SC(=O)N(CC(=O)N3CCCCCC3)C2=O)cc(Br)c1OCc1cccc(C)c1. The predicted molar refractivity (Wildman–Crippen MR) is 144 cm³/mol. The number of rotatable bonds is 7. The Hall–Kier alpha value is -2.78. The molecule has 2 heterocycles. The Balaban J connectivity index is 1.47. The molecule has 2 aliphatic rings. The number of halogens is 1. The molecule has 0 atom stereocenters. The summed E-state index contributed by atoms with van der Waals surface area (Å²) in [4.78, 5) is 41.3. The minimum atomic E-state index is -0.456. The van der Waals surface area contributed by atoms with Crippen LogP contribution < -0.4 is 9.47 Å². The number of benzene rings is 2. The van der Waals surface area contributed by atoms with Crippen LogP contribution in [-0.2, 0) is 16.2 Å². The van der Waals surface area contributed by atoms with E-state index in [-0.39, 0.29) is 17.4 Å². The van der Waals surface area contributed by atoms with E-state index in [1.807, 2.05) is 31.2 Å². The highest BCUT2D eigenvalue weighted by molar-refractivity contribution is 9.10. The number of methoxy groups -OCH3 is 1. The van der Waals surface area contributed by atoms with Crippen LogP contribution in [0.25, 0.3) is 6.08 Å². The fraction of sp³-hybridized carbons (Fsp3) is 0.370. The summed E-state index contributed by atoms with van der Waals surface area (Å²) in [6.45, 7) is 3.54. The van der Waals surface area contributed by atoms with Gasteiger partial charge in [0.1, 0.15) is 13.2 Å². The van der Waals surface area contributed by atoms with Gasteiger partial charge in [-0.3, -0.25) is 19.3 Å². The molecule has 7 nitrogen and oxygen atoms in total. The first-order valence-electron chi connectivity index (χ1n) is 11.9. The molecule has 0 aromatic heterocycles. The molecular weight excluding hydrogens is 544 g/mol. The Kier molecular flexibility index (Phi) is 8.74. The number of nitrogens with zero attached hydrogens (tertiary/aromatic N) is 2. The van der Waals surface area contributed by atoms with Crippen LogP contribution in [0.4, 0.5) is 4.79 Å². The van der Waals surface area contributed by atoms with Crippen molar-refractivity contribution in [3.05, 3.63) is 62.5 Å². The third-order valence-electron chi connectivity index (χ3n) is 6.14. The van der Waals surface area contributed by atoms with E-state index in [1.165, 1.54) is 0 Å². The molecule has 0 saturated carbocycles. The Morgan fingerprint density at radius 1 is 1.11 bits per heavy atom. The molecule has 0 spiro atoms. The van der Waals surface area contributed by atoms with Crippen molar-refractivity contribution in [2.75, 3.05) is 26.7 Å². The largest absolute Gasteiger partial charge is 0.493 e. The highest BCUT2D eigenvalue weighted by Gasteiger charge is 2.37. The number of ether oxygens (including phenoxy) is 2. The van der Waals surface area contributed by atoms with Gasteiger partial charge in [-0.15, -0.1) is 0 Å². The molecule has 2 fully saturated rings. The average Bonchev–Trinajstić information content (AvgIpc) is 3.04. The molecule has 4 rings (SSSR count). The van der Waals surface area contributed by atoms with Crippen LogP contribution in [0, 0.1) is 6.92 Å². The zero-order valence-corrected chi connectivity index (χ0v) is 22.8. The smallest absolute Gasteiger partial charge is 0.294 e. The fourth-order valence-corrected chi connectivity index (χ4v) is 5.68. The van der Waals surface area contributed by atoms with Crippen molar-refractivity contribution < 1.29 is 23.9 Å². The molecule has 2 aliphatic heterocycles. The number of aryl methyl sites for hydroxylation is 1. The molecule has 2 saturated heterocycles. The van der Waals surface area contributed by atoms with Gasteiger partial charge in [0.05, 0.1) is 16.5 Å². The van der Waals surface area contributed by atoms with Crippen LogP contribution in [0.15, 0.2) is 45.8 Å². The van der Waals surface area contributed by atoms with Gasteiger partial charge in [-0.2, -0.15) is 0 Å². The molecule has 0 aliphatic carbocycles. The first-order valence-corrected chi connectivity index (χ1v) is 13.6. The maximum Gasteiger partial charge on any atom is 0.294 e. The lowest BCUT2D eigenvalue weighted by Gasteiger charge is -2.22. The van der Waals surface area contributed by atoms with E-state index in [4.69, 9.17) is 9.47 Å². The standard InChI is InChI=1S/C27H29BrN2O5S/c1-18-8-7-9-19(12-18)17-35-25-21(28)13-20(14-22(25)34-2)15-23-26(32)30(27(33)36-23)16-24(31)29-10-5-3-4-6-11-29/h7-9,12-15H,3-6,10-11,16-17H2,1-2H3. The van der Waals surface area contributed by atoms with Crippen LogP contribution in [-0.4, -0.2) is 53.6 Å². The summed E-state index contributed by atoms with van der Waals surface area (Å²) in [5.41, 5.74) is 2.86. The van der Waals surface area contributed by atoms with Crippen molar-refractivity contribution in [3.63, 3.8) is 0 Å². The quantitative estimate of drug-likeness (QED) is 0.391. The number of carbonyl (C=O) groups is 3. The van der Waals surface area contributed by atoms with Crippen molar-refractivity contribution in [3.8, 4) is 11.5 Å². The number of imide groups is 1. The minimum absolute atomic E-state index is 0.181. The highest BCUT2D eigenvalue weighted by atomic mass is 79.9. The zero-order valence-electron chi connectivity index (χ0n) is 20.4. The molecule has 190 valence electrons. The number of hydrogen-bond donors (Lipinski definition) is 0. The molecule has 2 aromatic rings. The van der Waals surface area contributed by atoms with Gasteiger partial charge >= 0.3 is 0 Å². The molecule has 0 unspecified atom stereocenters. The van der Waals surface area contributed by atoms with E-state index in [9.17, 15) is 14.4 Å². The summed E-state index contributed by atoms with van der Waals surface area (Å²) in [7, 11) is 1.55. The third-order valence-corrected chi connectivity index (χ3v) is 7.64. The van der Waals surface area contributed by atoms with Gasteiger partial charge < -0.3 is 14.4 Å². The summed E-state index contributed by atoms with van der Waals surface area (Å²) in [6, 6.07) is 11.6. The Morgan fingerprint density at radius 2 is 1.86 bits per heavy atom.